The molecular formula is C14H9FeNO2+. The van der Waals surface area contributed by atoms with Crippen molar-refractivity contribution in [1.29, 1.82) is 5.26 Å². The van der Waals surface area contributed by atoms with Gasteiger partial charge in [-0.05, 0) is 32.1 Å². The van der Waals surface area contributed by atoms with Crippen molar-refractivity contribution in [1.82, 2.24) is 0 Å². The molecule has 2 rings (SSSR count). The van der Waals surface area contributed by atoms with E-state index in [1.807, 2.05) is 38.2 Å². The molecule has 0 heterocycles. The van der Waals surface area contributed by atoms with E-state index >= 15 is 0 Å². The number of rotatable bonds is 0. The summed E-state index contributed by atoms with van der Waals surface area (Å²) < 4.78 is 15.0. The Labute approximate surface area is 119 Å². The Morgan fingerprint density at radius 2 is 1.22 bits per heavy atom. The summed E-state index contributed by atoms with van der Waals surface area (Å²) in [5.41, 5.74) is 0.684. The summed E-state index contributed by atoms with van der Waals surface area (Å²) in [6, 6.07) is 11.7. The molecule has 0 aliphatic heterocycles. The molecule has 3 nitrogen and oxygen atoms in total. The summed E-state index contributed by atoms with van der Waals surface area (Å²) >= 11 is 0. The molecule has 1 aromatic rings. The maximum absolute atomic E-state index is 8.27. The van der Waals surface area contributed by atoms with Gasteiger partial charge in [0, 0.05) is 0 Å². The van der Waals surface area contributed by atoms with Gasteiger partial charge in [-0.2, -0.15) is 35.6 Å². The van der Waals surface area contributed by atoms with Gasteiger partial charge in [0.05, 0.1) is 6.07 Å². The van der Waals surface area contributed by atoms with Crippen LogP contribution in [0.3, 0.4) is 0 Å². The Morgan fingerprint density at radius 3 is 1.44 bits per heavy atom. The van der Waals surface area contributed by atoms with E-state index in [1.54, 1.807) is 24.3 Å². The van der Waals surface area contributed by atoms with Crippen LogP contribution in [0.5, 0.6) is 0 Å². The fraction of sp³-hybridized carbons (Fsp3) is 0. The molecule has 5 radical (unpaired) electrons. The van der Waals surface area contributed by atoms with Gasteiger partial charge in [0.2, 0.25) is 0 Å². The molecule has 1 fully saturated rings. The molecule has 89 valence electrons. The van der Waals surface area contributed by atoms with Crippen molar-refractivity contribution in [2.24, 2.45) is 0 Å². The fourth-order valence-electron chi connectivity index (χ4n) is 0.782. The molecule has 0 unspecified atom stereocenters. The summed E-state index contributed by atoms with van der Waals surface area (Å²) in [5, 5.41) is 8.27. The number of benzene rings is 1. The number of hydrogen-bond acceptors (Lipinski definition) is 1. The summed E-state index contributed by atoms with van der Waals surface area (Å²) in [5.74, 6) is 0. The molecule has 0 N–H and O–H groups in total. The summed E-state index contributed by atoms with van der Waals surface area (Å²) in [7, 11) is 0. The number of nitriles is 1. The predicted molar refractivity (Wildman–Crippen MR) is 59.4 cm³/mol. The SMILES string of the molecule is N#Cc1cc[c-]cc1.[C-]#[O+].[C-]#[O+].[CH]1[CH][CH][CH][CH]1.[Fe+2]. The van der Waals surface area contributed by atoms with Crippen LogP contribution in [-0.2, 0) is 26.4 Å². The van der Waals surface area contributed by atoms with Gasteiger partial charge in [0.15, 0.2) is 0 Å². The molecule has 1 aromatic carbocycles. The van der Waals surface area contributed by atoms with Gasteiger partial charge >= 0.3 is 39.7 Å². The zero-order valence-electron chi connectivity index (χ0n) is 9.31. The first-order valence-electron chi connectivity index (χ1n) is 4.37. The minimum Gasteiger partial charge on any atom is -0.0312 e. The van der Waals surface area contributed by atoms with E-state index in [1.165, 1.54) is 0 Å². The van der Waals surface area contributed by atoms with Crippen LogP contribution in [0, 0.1) is 62.8 Å². The zero-order chi connectivity index (χ0) is 13.4. The molecule has 0 aromatic heterocycles. The maximum atomic E-state index is 8.27. The van der Waals surface area contributed by atoms with Gasteiger partial charge in [0.1, 0.15) is 0 Å². The van der Waals surface area contributed by atoms with Gasteiger partial charge in [-0.3, -0.25) is 0 Å². The van der Waals surface area contributed by atoms with Crippen LogP contribution in [-0.4, -0.2) is 0 Å². The first-order chi connectivity index (χ1) is 8.43. The quantitative estimate of drug-likeness (QED) is 0.408. The van der Waals surface area contributed by atoms with Crippen molar-refractivity contribution in [3.8, 4) is 6.07 Å². The molecule has 0 saturated heterocycles. The molecule has 0 bridgehead atoms. The van der Waals surface area contributed by atoms with Crippen LogP contribution < -0.4 is 0 Å². The predicted octanol–water partition coefficient (Wildman–Crippen LogP) is 2.30. The van der Waals surface area contributed by atoms with E-state index in [4.69, 9.17) is 14.6 Å². The summed E-state index contributed by atoms with van der Waals surface area (Å²) in [4.78, 5) is 0. The van der Waals surface area contributed by atoms with Crippen LogP contribution in [0.4, 0.5) is 0 Å². The van der Waals surface area contributed by atoms with Crippen molar-refractivity contribution in [3.05, 3.63) is 81.3 Å². The zero-order valence-corrected chi connectivity index (χ0v) is 10.4. The van der Waals surface area contributed by atoms with Gasteiger partial charge in [0.25, 0.3) is 0 Å². The Bertz CT molecular complexity index is 323. The van der Waals surface area contributed by atoms with Crippen LogP contribution in [0.2, 0.25) is 0 Å². The van der Waals surface area contributed by atoms with Crippen LogP contribution in [0.1, 0.15) is 5.56 Å². The first kappa shape index (κ1) is 21.9. The third kappa shape index (κ3) is 14.7. The second-order valence-corrected chi connectivity index (χ2v) is 2.36. The average molecular weight is 279 g/mol. The average Bonchev–Trinajstić information content (AvgIpc) is 3.03. The summed E-state index contributed by atoms with van der Waals surface area (Å²) in [6.45, 7) is 9.00. The van der Waals surface area contributed by atoms with E-state index < -0.39 is 0 Å². The van der Waals surface area contributed by atoms with E-state index in [9.17, 15) is 0 Å². The molecule has 1 aliphatic carbocycles. The van der Waals surface area contributed by atoms with Crippen molar-refractivity contribution in [2.45, 2.75) is 0 Å². The standard InChI is InChI=1S/C7H4N.C5H5.2CO.Fe/c8-6-7-4-2-1-3-5-7;1-2-4-5-3-1;2*1-2;/h2-5H;1-5H;;;/q-1;;;;+2. The Kier molecular flexibility index (Phi) is 25.6. The monoisotopic (exact) mass is 279 g/mol. The smallest absolute Gasteiger partial charge is 0.0312 e. The van der Waals surface area contributed by atoms with E-state index in [0.29, 0.717) is 5.56 Å². The minimum absolute atomic E-state index is 0. The molecule has 0 amide bonds. The molecule has 1 saturated carbocycles. The van der Waals surface area contributed by atoms with Gasteiger partial charge < -0.3 is 0 Å². The van der Waals surface area contributed by atoms with E-state index in [2.05, 4.69) is 19.4 Å². The molecule has 4 heteroatoms. The molecule has 0 atom stereocenters. The second-order valence-electron chi connectivity index (χ2n) is 2.36. The van der Waals surface area contributed by atoms with Gasteiger partial charge in [-0.15, -0.1) is 0 Å². The normalized spacial score (nSPS) is 10.4. The fourth-order valence-corrected chi connectivity index (χ4v) is 0.782. The third-order valence-electron chi connectivity index (χ3n) is 1.40. The summed E-state index contributed by atoms with van der Waals surface area (Å²) in [6.07, 6.45) is 10.0. The van der Waals surface area contributed by atoms with Crippen LogP contribution in [0.25, 0.3) is 0 Å². The van der Waals surface area contributed by atoms with Crippen LogP contribution >= 0.6 is 0 Å². The van der Waals surface area contributed by atoms with Crippen molar-refractivity contribution < 1.29 is 26.4 Å². The van der Waals surface area contributed by atoms with E-state index in [-0.39, 0.29) is 17.1 Å². The molecule has 18 heavy (non-hydrogen) atoms. The number of hydrogen-bond donors (Lipinski definition) is 0. The maximum Gasteiger partial charge on any atom is 2.00 e. The Morgan fingerprint density at radius 1 is 0.889 bits per heavy atom. The third-order valence-corrected chi connectivity index (χ3v) is 1.40. The van der Waals surface area contributed by atoms with Gasteiger partial charge in [-0.25, -0.2) is 0 Å². The Balaban J connectivity index is -0.000000196. The first-order valence-corrected chi connectivity index (χ1v) is 4.37. The largest absolute Gasteiger partial charge is 2.00 e. The number of nitrogens with zero attached hydrogens (tertiary/aromatic N) is 1. The minimum atomic E-state index is 0. The Hall–Kier alpha value is -1.29. The molecule has 0 spiro atoms. The molecule has 1 aliphatic rings. The van der Waals surface area contributed by atoms with Crippen molar-refractivity contribution in [3.63, 3.8) is 0 Å². The topological polar surface area (TPSA) is 63.6 Å². The van der Waals surface area contributed by atoms with Gasteiger partial charge in [-0.1, -0.05) is 5.56 Å². The second kappa shape index (κ2) is 21.0. The van der Waals surface area contributed by atoms with Crippen molar-refractivity contribution >= 4 is 0 Å². The van der Waals surface area contributed by atoms with Crippen molar-refractivity contribution in [2.75, 3.05) is 0 Å². The van der Waals surface area contributed by atoms with E-state index in [0.717, 1.165) is 0 Å². The molecular weight excluding hydrogens is 270 g/mol. The van der Waals surface area contributed by atoms with Crippen LogP contribution in [0.15, 0.2) is 24.3 Å².